The number of aliphatic hydroxyl groups is 2. The number of allylic oxidation sites excluding steroid dienone is 3. The van der Waals surface area contributed by atoms with Crippen molar-refractivity contribution < 1.29 is 29.3 Å². The Morgan fingerprint density at radius 3 is 2.76 bits per heavy atom. The fourth-order valence-corrected chi connectivity index (χ4v) is 3.65. The Kier molecular flexibility index (Phi) is 10.0. The molecule has 0 aliphatic carbocycles. The molecule has 0 unspecified atom stereocenters. The maximum absolute atomic E-state index is 12.5. The lowest BCUT2D eigenvalue weighted by Gasteiger charge is -2.32. The summed E-state index contributed by atoms with van der Waals surface area (Å²) >= 11 is 0. The van der Waals surface area contributed by atoms with Crippen LogP contribution in [-0.2, 0) is 25.5 Å². The quantitative estimate of drug-likeness (QED) is 0.396. The van der Waals surface area contributed by atoms with Crippen molar-refractivity contribution in [3.05, 3.63) is 66.0 Å². The van der Waals surface area contributed by atoms with Crippen molar-refractivity contribution in [3.63, 3.8) is 0 Å². The van der Waals surface area contributed by atoms with Crippen molar-refractivity contribution in [2.45, 2.75) is 77.3 Å². The minimum Gasteiger partial charge on any atom is -0.457 e. The predicted octanol–water partition coefficient (Wildman–Crippen LogP) is 3.46. The summed E-state index contributed by atoms with van der Waals surface area (Å²) in [5.74, 6) is -1.28. The van der Waals surface area contributed by atoms with Gasteiger partial charge in [-0.15, -0.1) is 0 Å². The van der Waals surface area contributed by atoms with Gasteiger partial charge >= 0.3 is 11.9 Å². The van der Waals surface area contributed by atoms with Crippen molar-refractivity contribution in [1.29, 1.82) is 0 Å². The highest BCUT2D eigenvalue weighted by molar-refractivity contribution is 5.70. The molecule has 0 saturated carbocycles. The Labute approximate surface area is 195 Å². The average Bonchev–Trinajstić information content (AvgIpc) is 2.76. The lowest BCUT2D eigenvalue weighted by molar-refractivity contribution is -0.157. The van der Waals surface area contributed by atoms with Crippen LogP contribution in [0.5, 0.6) is 0 Å². The molecule has 33 heavy (non-hydrogen) atoms. The van der Waals surface area contributed by atoms with Gasteiger partial charge in [0.15, 0.2) is 0 Å². The van der Waals surface area contributed by atoms with Gasteiger partial charge in [0.2, 0.25) is 0 Å². The second-order valence-corrected chi connectivity index (χ2v) is 8.80. The number of carbonyl (C=O) groups excluding carboxylic acids is 2. The first kappa shape index (κ1) is 26.5. The van der Waals surface area contributed by atoms with Gasteiger partial charge in [0.05, 0.1) is 12.5 Å². The molecule has 0 fully saturated rings. The van der Waals surface area contributed by atoms with Gasteiger partial charge in [0, 0.05) is 31.2 Å². The van der Waals surface area contributed by atoms with Crippen LogP contribution in [0.3, 0.4) is 0 Å². The summed E-state index contributed by atoms with van der Waals surface area (Å²) in [6.07, 6.45) is 9.30. The molecule has 0 amide bonds. The monoisotopic (exact) mass is 457 g/mol. The number of cyclic esters (lactones) is 1. The van der Waals surface area contributed by atoms with E-state index < -0.39 is 35.9 Å². The lowest BCUT2D eigenvalue weighted by atomic mass is 9.88. The maximum atomic E-state index is 12.5. The summed E-state index contributed by atoms with van der Waals surface area (Å²) < 4.78 is 11.1. The van der Waals surface area contributed by atoms with E-state index in [1.807, 2.05) is 50.3 Å². The number of ether oxygens (including phenoxy) is 2. The first-order chi connectivity index (χ1) is 15.6. The van der Waals surface area contributed by atoms with E-state index in [0.29, 0.717) is 6.42 Å². The van der Waals surface area contributed by atoms with Crippen molar-refractivity contribution in [2.75, 3.05) is 0 Å². The fourth-order valence-electron chi connectivity index (χ4n) is 3.65. The Bertz CT molecular complexity index is 874. The summed E-state index contributed by atoms with van der Waals surface area (Å²) in [6, 6.07) is 5.75. The molecule has 0 radical (unpaired) electrons. The summed E-state index contributed by atoms with van der Waals surface area (Å²) in [7, 11) is 0. The van der Waals surface area contributed by atoms with Gasteiger partial charge in [-0.25, -0.2) is 0 Å². The summed E-state index contributed by atoms with van der Waals surface area (Å²) in [6.45, 7) is 6.59. The molecule has 0 saturated heterocycles. The molecule has 0 aromatic carbocycles. The number of aliphatic hydroxyl groups excluding tert-OH is 1. The normalized spacial score (nSPS) is 30.7. The molecule has 1 aromatic rings. The van der Waals surface area contributed by atoms with Gasteiger partial charge < -0.3 is 19.7 Å². The molecule has 0 spiro atoms. The van der Waals surface area contributed by atoms with Gasteiger partial charge in [0.25, 0.3) is 0 Å². The van der Waals surface area contributed by atoms with Crippen LogP contribution in [0.25, 0.3) is 0 Å². The Balaban J connectivity index is 2.25. The number of rotatable bonds is 5. The fraction of sp³-hybridized carbons (Fsp3) is 0.500. The number of hydrogen-bond acceptors (Lipinski definition) is 7. The lowest BCUT2D eigenvalue weighted by Crippen LogP contribution is -2.42. The molecular weight excluding hydrogens is 422 g/mol. The molecule has 5 atom stereocenters. The first-order valence-corrected chi connectivity index (χ1v) is 11.3. The largest absolute Gasteiger partial charge is 0.457 e. The number of carbonyl (C=O) groups is 2. The van der Waals surface area contributed by atoms with Crippen molar-refractivity contribution in [2.24, 2.45) is 5.92 Å². The third kappa shape index (κ3) is 8.94. The van der Waals surface area contributed by atoms with Crippen molar-refractivity contribution >= 4 is 11.9 Å². The minimum atomic E-state index is -1.39. The number of pyridine rings is 1. The highest BCUT2D eigenvalue weighted by Crippen LogP contribution is 2.26. The Hall–Kier alpha value is -2.77. The highest BCUT2D eigenvalue weighted by Gasteiger charge is 2.34. The van der Waals surface area contributed by atoms with E-state index in [4.69, 9.17) is 9.47 Å². The molecule has 7 heteroatoms. The van der Waals surface area contributed by atoms with Gasteiger partial charge in [-0.3, -0.25) is 14.6 Å². The van der Waals surface area contributed by atoms with Crippen LogP contribution < -0.4 is 0 Å². The summed E-state index contributed by atoms with van der Waals surface area (Å²) in [5.41, 5.74) is 0.381. The highest BCUT2D eigenvalue weighted by atomic mass is 16.6. The molecule has 1 aromatic heterocycles. The second-order valence-electron chi connectivity index (χ2n) is 8.80. The van der Waals surface area contributed by atoms with E-state index in [9.17, 15) is 19.8 Å². The van der Waals surface area contributed by atoms with Crippen LogP contribution in [0, 0.1) is 5.92 Å². The van der Waals surface area contributed by atoms with Crippen LogP contribution >= 0.6 is 0 Å². The van der Waals surface area contributed by atoms with Crippen LogP contribution in [0.2, 0.25) is 0 Å². The SMILES string of the molecule is CC(=O)O[C@@H]1/C=C\[C@H](C)[C@@H](/C(C)=C/C=C/Cc2ccccn2)OC(=O)C[C@H](O)CC[C@@]1(C)O. The van der Waals surface area contributed by atoms with Gasteiger partial charge in [-0.1, -0.05) is 37.3 Å². The molecule has 1 aliphatic rings. The zero-order chi connectivity index (χ0) is 24.4. The number of aromatic nitrogens is 1. The van der Waals surface area contributed by atoms with E-state index >= 15 is 0 Å². The second kappa shape index (κ2) is 12.5. The van der Waals surface area contributed by atoms with Gasteiger partial charge in [-0.05, 0) is 50.5 Å². The molecule has 0 bridgehead atoms. The third-order valence-corrected chi connectivity index (χ3v) is 5.61. The summed E-state index contributed by atoms with van der Waals surface area (Å²) in [4.78, 5) is 28.3. The van der Waals surface area contributed by atoms with Crippen LogP contribution in [0.4, 0.5) is 0 Å². The summed E-state index contributed by atoms with van der Waals surface area (Å²) in [5, 5.41) is 21.1. The van der Waals surface area contributed by atoms with Gasteiger partial charge in [-0.2, -0.15) is 0 Å². The van der Waals surface area contributed by atoms with Crippen molar-refractivity contribution in [3.8, 4) is 0 Å². The van der Waals surface area contributed by atoms with Crippen LogP contribution in [0.15, 0.2) is 60.3 Å². The zero-order valence-electron chi connectivity index (χ0n) is 19.8. The Morgan fingerprint density at radius 1 is 1.33 bits per heavy atom. The van der Waals surface area contributed by atoms with E-state index in [1.54, 1.807) is 25.3 Å². The van der Waals surface area contributed by atoms with Crippen LogP contribution in [-0.4, -0.2) is 51.0 Å². The molecule has 2 heterocycles. The number of hydrogen-bond donors (Lipinski definition) is 2. The van der Waals surface area contributed by atoms with E-state index in [-0.39, 0.29) is 25.2 Å². The van der Waals surface area contributed by atoms with Gasteiger partial charge in [0.1, 0.15) is 17.8 Å². The number of nitrogens with zero attached hydrogens (tertiary/aromatic N) is 1. The third-order valence-electron chi connectivity index (χ3n) is 5.61. The molecule has 2 rings (SSSR count). The Morgan fingerprint density at radius 2 is 2.09 bits per heavy atom. The van der Waals surface area contributed by atoms with E-state index in [2.05, 4.69) is 4.98 Å². The molecular formula is C26H35NO6. The van der Waals surface area contributed by atoms with E-state index in [1.165, 1.54) is 6.92 Å². The first-order valence-electron chi connectivity index (χ1n) is 11.3. The van der Waals surface area contributed by atoms with Crippen LogP contribution in [0.1, 0.15) is 52.7 Å². The minimum absolute atomic E-state index is 0.154. The van der Waals surface area contributed by atoms with E-state index in [0.717, 1.165) is 11.3 Å². The number of esters is 2. The molecule has 7 nitrogen and oxygen atoms in total. The van der Waals surface area contributed by atoms with Crippen molar-refractivity contribution in [1.82, 2.24) is 4.98 Å². The molecule has 2 N–H and O–H groups in total. The zero-order valence-corrected chi connectivity index (χ0v) is 19.8. The smallest absolute Gasteiger partial charge is 0.309 e. The standard InChI is InChI=1S/C26H35NO6/c1-18(9-5-6-10-21-11-7-8-16-27-21)25-19(2)12-13-23(32-20(3)28)26(4,31)15-14-22(29)17-24(30)33-25/h5-9,11-13,16,19,22-23,25,29,31H,10,14-15,17H2,1-4H3/b6-5+,13-12-,18-9+/t19-,22+,23+,25+,26+/m0/s1. The predicted molar refractivity (Wildman–Crippen MR) is 125 cm³/mol. The molecule has 180 valence electrons. The molecule has 1 aliphatic heterocycles. The topological polar surface area (TPSA) is 106 Å². The maximum Gasteiger partial charge on any atom is 0.309 e. The average molecular weight is 458 g/mol.